The van der Waals surface area contributed by atoms with E-state index in [0.717, 1.165) is 10.3 Å². The molecule has 0 saturated heterocycles. The Morgan fingerprint density at radius 1 is 1.58 bits per heavy atom. The smallest absolute Gasteiger partial charge is 0.153 e. The molecule has 102 valence electrons. The van der Waals surface area contributed by atoms with Gasteiger partial charge in [-0.1, -0.05) is 5.21 Å². The van der Waals surface area contributed by atoms with Crippen LogP contribution in [-0.4, -0.2) is 22.0 Å². The van der Waals surface area contributed by atoms with Gasteiger partial charge in [-0.15, -0.1) is 16.4 Å². The van der Waals surface area contributed by atoms with Gasteiger partial charge in [0.15, 0.2) is 4.60 Å². The second-order valence-corrected chi connectivity index (χ2v) is 6.71. The van der Waals surface area contributed by atoms with E-state index in [2.05, 4.69) is 43.0 Å². The average Bonchev–Trinajstić information content (AvgIpc) is 3.01. The fraction of sp³-hybridized carbons (Fsp3) is 0.538. The summed E-state index contributed by atoms with van der Waals surface area (Å²) in [4.78, 5) is 1.54. The minimum atomic E-state index is 0.253. The molecule has 0 aromatic carbocycles. The van der Waals surface area contributed by atoms with E-state index in [9.17, 15) is 0 Å². The lowest BCUT2D eigenvalue weighted by Crippen LogP contribution is -2.28. The molecule has 0 amide bonds. The van der Waals surface area contributed by atoms with Gasteiger partial charge in [0.25, 0.3) is 0 Å². The van der Waals surface area contributed by atoms with Crippen LogP contribution >= 0.6 is 27.3 Å². The standard InChI is InChI=1S/C13H17BrN4S/c1-15-11(12-13(14)16-17-18(12)2)9-4-3-5-10-8(9)6-7-19-10/h6-7,9,11,15H,3-5H2,1-2H3. The summed E-state index contributed by atoms with van der Waals surface area (Å²) in [5, 5.41) is 13.9. The quantitative estimate of drug-likeness (QED) is 0.933. The first-order valence-corrected chi connectivity index (χ1v) is 8.18. The van der Waals surface area contributed by atoms with Gasteiger partial charge >= 0.3 is 0 Å². The van der Waals surface area contributed by atoms with E-state index < -0.39 is 0 Å². The van der Waals surface area contributed by atoms with Crippen molar-refractivity contribution in [3.05, 3.63) is 32.2 Å². The Bertz CT molecular complexity index is 557. The summed E-state index contributed by atoms with van der Waals surface area (Å²) in [6.45, 7) is 0. The van der Waals surface area contributed by atoms with E-state index in [4.69, 9.17) is 0 Å². The second-order valence-electron chi connectivity index (χ2n) is 4.95. The maximum Gasteiger partial charge on any atom is 0.153 e. The van der Waals surface area contributed by atoms with Crippen molar-refractivity contribution in [2.45, 2.75) is 31.2 Å². The van der Waals surface area contributed by atoms with Crippen LogP contribution in [-0.2, 0) is 13.5 Å². The molecule has 0 aliphatic heterocycles. The van der Waals surface area contributed by atoms with Gasteiger partial charge in [-0.05, 0) is 59.2 Å². The lowest BCUT2D eigenvalue weighted by molar-refractivity contribution is 0.406. The zero-order chi connectivity index (χ0) is 13.4. The number of nitrogens with zero attached hydrogens (tertiary/aromatic N) is 3. The number of aromatic nitrogens is 3. The summed E-state index contributed by atoms with van der Waals surface area (Å²) in [6.07, 6.45) is 3.71. The van der Waals surface area contributed by atoms with Gasteiger partial charge < -0.3 is 5.32 Å². The number of rotatable bonds is 3. The van der Waals surface area contributed by atoms with Crippen LogP contribution in [0.1, 0.15) is 40.9 Å². The molecule has 0 radical (unpaired) electrons. The van der Waals surface area contributed by atoms with Crippen molar-refractivity contribution in [3.63, 3.8) is 0 Å². The Balaban J connectivity index is 2.01. The number of fused-ring (bicyclic) bond motifs is 1. The normalized spacial score (nSPS) is 20.3. The second kappa shape index (κ2) is 5.34. The maximum absolute atomic E-state index is 4.12. The van der Waals surface area contributed by atoms with Crippen LogP contribution in [0.5, 0.6) is 0 Å². The summed E-state index contributed by atoms with van der Waals surface area (Å²) < 4.78 is 2.71. The van der Waals surface area contributed by atoms with Gasteiger partial charge in [-0.2, -0.15) is 0 Å². The molecule has 0 spiro atoms. The van der Waals surface area contributed by atoms with Crippen molar-refractivity contribution in [2.75, 3.05) is 7.05 Å². The van der Waals surface area contributed by atoms with Crippen molar-refractivity contribution < 1.29 is 0 Å². The Morgan fingerprint density at radius 2 is 2.42 bits per heavy atom. The minimum Gasteiger partial charge on any atom is -0.311 e. The van der Waals surface area contributed by atoms with Gasteiger partial charge in [-0.25, -0.2) is 4.68 Å². The van der Waals surface area contributed by atoms with Gasteiger partial charge in [0, 0.05) is 17.8 Å². The minimum absolute atomic E-state index is 0.253. The van der Waals surface area contributed by atoms with Crippen LogP contribution in [0, 0.1) is 0 Å². The zero-order valence-electron chi connectivity index (χ0n) is 11.1. The SMILES string of the molecule is CNC(c1c(Br)nnn1C)C1CCCc2sccc21. The highest BCUT2D eigenvalue weighted by Crippen LogP contribution is 2.43. The van der Waals surface area contributed by atoms with Gasteiger partial charge in [-0.3, -0.25) is 0 Å². The van der Waals surface area contributed by atoms with Gasteiger partial charge in [0.1, 0.15) is 0 Å². The third-order valence-corrected chi connectivity index (χ3v) is 5.49. The molecule has 2 aromatic heterocycles. The van der Waals surface area contributed by atoms with E-state index in [1.807, 2.05) is 30.1 Å². The first kappa shape index (κ1) is 13.3. The molecule has 1 aliphatic rings. The third kappa shape index (κ3) is 2.26. The number of hydrogen-bond donors (Lipinski definition) is 1. The predicted octanol–water partition coefficient (Wildman–Crippen LogP) is 3.02. The van der Waals surface area contributed by atoms with Crippen LogP contribution in [0.15, 0.2) is 16.0 Å². The molecule has 1 N–H and O–H groups in total. The van der Waals surface area contributed by atoms with Crippen LogP contribution in [0.4, 0.5) is 0 Å². The van der Waals surface area contributed by atoms with E-state index in [-0.39, 0.29) is 6.04 Å². The molecule has 2 atom stereocenters. The van der Waals surface area contributed by atoms with Crippen LogP contribution in [0.25, 0.3) is 0 Å². The number of likely N-dealkylation sites (N-methyl/N-ethyl adjacent to an activating group) is 1. The van der Waals surface area contributed by atoms with Gasteiger partial charge in [0.05, 0.1) is 11.7 Å². The number of thiophene rings is 1. The van der Waals surface area contributed by atoms with Crippen LogP contribution in [0.2, 0.25) is 0 Å². The molecule has 0 bridgehead atoms. The van der Waals surface area contributed by atoms with E-state index in [1.165, 1.54) is 24.8 Å². The Kier molecular flexibility index (Phi) is 3.73. The van der Waals surface area contributed by atoms with Crippen LogP contribution in [0.3, 0.4) is 0 Å². The molecule has 0 fully saturated rings. The number of halogens is 1. The molecule has 2 heterocycles. The molecular formula is C13H17BrN4S. The van der Waals surface area contributed by atoms with Crippen molar-refractivity contribution >= 4 is 27.3 Å². The predicted molar refractivity (Wildman–Crippen MR) is 80.5 cm³/mol. The van der Waals surface area contributed by atoms with Crippen molar-refractivity contribution in [1.29, 1.82) is 0 Å². The molecule has 2 aromatic rings. The third-order valence-electron chi connectivity index (χ3n) is 3.93. The molecule has 0 saturated carbocycles. The Hall–Kier alpha value is -0.720. The topological polar surface area (TPSA) is 42.7 Å². The highest BCUT2D eigenvalue weighted by Gasteiger charge is 2.32. The Labute approximate surface area is 125 Å². The molecule has 2 unspecified atom stereocenters. The molecule has 1 aliphatic carbocycles. The Morgan fingerprint density at radius 3 is 3.11 bits per heavy atom. The summed E-state index contributed by atoms with van der Waals surface area (Å²) >= 11 is 5.41. The zero-order valence-corrected chi connectivity index (χ0v) is 13.5. The van der Waals surface area contributed by atoms with Crippen LogP contribution < -0.4 is 5.32 Å². The lowest BCUT2D eigenvalue weighted by Gasteiger charge is -2.30. The van der Waals surface area contributed by atoms with Crippen molar-refractivity contribution in [1.82, 2.24) is 20.3 Å². The molecule has 6 heteroatoms. The summed E-state index contributed by atoms with van der Waals surface area (Å²) in [6, 6.07) is 2.54. The van der Waals surface area contributed by atoms with Crippen molar-refractivity contribution in [2.24, 2.45) is 7.05 Å². The molecule has 4 nitrogen and oxygen atoms in total. The maximum atomic E-state index is 4.12. The van der Waals surface area contributed by atoms with Crippen molar-refractivity contribution in [3.8, 4) is 0 Å². The molecule has 19 heavy (non-hydrogen) atoms. The summed E-state index contributed by atoms with van der Waals surface area (Å²) in [5.41, 5.74) is 2.63. The van der Waals surface area contributed by atoms with Gasteiger partial charge in [0.2, 0.25) is 0 Å². The summed E-state index contributed by atoms with van der Waals surface area (Å²) in [7, 11) is 3.97. The highest BCUT2D eigenvalue weighted by molar-refractivity contribution is 9.10. The number of hydrogen-bond acceptors (Lipinski definition) is 4. The average molecular weight is 341 g/mol. The fourth-order valence-electron chi connectivity index (χ4n) is 3.07. The largest absolute Gasteiger partial charge is 0.311 e. The fourth-order valence-corrected chi connectivity index (χ4v) is 4.64. The molecule has 3 rings (SSSR count). The monoisotopic (exact) mass is 340 g/mol. The highest BCUT2D eigenvalue weighted by atomic mass is 79.9. The van der Waals surface area contributed by atoms with E-state index >= 15 is 0 Å². The number of aryl methyl sites for hydroxylation is 2. The first-order valence-electron chi connectivity index (χ1n) is 6.51. The van der Waals surface area contributed by atoms with E-state index in [1.54, 1.807) is 4.88 Å². The lowest BCUT2D eigenvalue weighted by atomic mass is 9.81. The summed E-state index contributed by atoms with van der Waals surface area (Å²) in [5.74, 6) is 0.508. The first-order chi connectivity index (χ1) is 9.22. The molecular weight excluding hydrogens is 324 g/mol. The van der Waals surface area contributed by atoms with E-state index in [0.29, 0.717) is 5.92 Å². The number of nitrogens with one attached hydrogen (secondary N) is 1.